The molecule has 12 heteroatoms. The van der Waals surface area contributed by atoms with Gasteiger partial charge in [0, 0.05) is 33.7 Å². The molecule has 21 heavy (non-hydrogen) atoms. The van der Waals surface area contributed by atoms with E-state index < -0.39 is 0 Å². The van der Waals surface area contributed by atoms with Gasteiger partial charge in [-0.25, -0.2) is 0 Å². The van der Waals surface area contributed by atoms with Crippen LogP contribution in [0.5, 0.6) is 0 Å². The number of nitrogens with one attached hydrogen (secondary N) is 2. The molecule has 0 rings (SSSR count). The van der Waals surface area contributed by atoms with Crippen LogP contribution in [-0.2, 0) is 44.7 Å². The van der Waals surface area contributed by atoms with E-state index in [1.54, 1.807) is 4.90 Å². The largest absolute Gasteiger partial charge is 2.00 e. The number of aliphatic hydroxyl groups excluding tert-OH is 1. The molecule has 0 aliphatic rings. The minimum atomic E-state index is 0. The van der Waals surface area contributed by atoms with Crippen LogP contribution in [0.4, 0.5) is 0 Å². The zero-order chi connectivity index (χ0) is 16.6. The molecule has 0 radical (unpaired) electrons. The summed E-state index contributed by atoms with van der Waals surface area (Å²) in [4.78, 5) is 1.71. The third-order valence-corrected chi connectivity index (χ3v) is 2.49. The molecule has 0 fully saturated rings. The average molecular weight is 458 g/mol. The van der Waals surface area contributed by atoms with Gasteiger partial charge in [0.05, 0.1) is 6.61 Å². The first-order chi connectivity index (χ1) is 9.18. The molecular formula is C9H20N4OS6Zn. The summed E-state index contributed by atoms with van der Waals surface area (Å²) >= 11 is 26.8. The normalized spacial score (nSPS) is 7.67. The van der Waals surface area contributed by atoms with Crippen molar-refractivity contribution < 1.29 is 24.6 Å². The number of aliphatic hydroxyl groups is 1. The minimum absolute atomic E-state index is 0. The molecule has 120 valence electrons. The zero-order valence-electron chi connectivity index (χ0n) is 12.0. The zero-order valence-corrected chi connectivity index (χ0v) is 19.9. The molecule has 0 aliphatic heterocycles. The smallest absolute Gasteiger partial charge is 0.412 e. The molecule has 5 N–H and O–H groups in total. The van der Waals surface area contributed by atoms with Crippen molar-refractivity contribution >= 4 is 87.5 Å². The second-order valence-electron chi connectivity index (χ2n) is 3.12. The summed E-state index contributed by atoms with van der Waals surface area (Å²) in [5, 5.41) is 13.4. The van der Waals surface area contributed by atoms with E-state index in [4.69, 9.17) is 10.8 Å². The molecule has 0 saturated heterocycles. The Labute approximate surface area is 172 Å². The fourth-order valence-corrected chi connectivity index (χ4v) is 0.752. The minimum Gasteiger partial charge on any atom is -0.412 e. The molecule has 0 heterocycles. The second-order valence-corrected chi connectivity index (χ2v) is 6.38. The van der Waals surface area contributed by atoms with E-state index in [-0.39, 0.29) is 26.1 Å². The van der Waals surface area contributed by atoms with Crippen LogP contribution < -0.4 is 16.4 Å². The number of hydrogen-bond acceptors (Lipinski definition) is 7. The molecule has 0 bridgehead atoms. The molecule has 5 nitrogen and oxygen atoms in total. The summed E-state index contributed by atoms with van der Waals surface area (Å²) in [6.45, 7) is 1.85. The van der Waals surface area contributed by atoms with Gasteiger partial charge in [-0.3, -0.25) is 0 Å². The van der Waals surface area contributed by atoms with E-state index in [0.717, 1.165) is 0 Å². The third-order valence-electron chi connectivity index (χ3n) is 1.16. The molecule has 0 aromatic rings. The van der Waals surface area contributed by atoms with E-state index in [1.165, 1.54) is 0 Å². The number of thiol groups is 1. The van der Waals surface area contributed by atoms with E-state index >= 15 is 0 Å². The van der Waals surface area contributed by atoms with Crippen molar-refractivity contribution in [2.45, 2.75) is 0 Å². The van der Waals surface area contributed by atoms with Gasteiger partial charge in [-0.05, 0) is 0 Å². The Kier molecular flexibility index (Phi) is 33.2. The van der Waals surface area contributed by atoms with Crippen molar-refractivity contribution in [3.63, 3.8) is 0 Å². The molecule has 0 aromatic heterocycles. The van der Waals surface area contributed by atoms with Gasteiger partial charge in [-0.15, -0.1) is 12.6 Å². The van der Waals surface area contributed by atoms with Gasteiger partial charge in [0.2, 0.25) is 0 Å². The molecule has 0 spiro atoms. The quantitative estimate of drug-likeness (QED) is 0.126. The van der Waals surface area contributed by atoms with Crippen LogP contribution >= 0.6 is 49.3 Å². The van der Waals surface area contributed by atoms with Crippen LogP contribution in [-0.4, -0.2) is 63.3 Å². The fourth-order valence-electron chi connectivity index (χ4n) is 0.334. The first kappa shape index (κ1) is 29.9. The number of hydrogen-bond donors (Lipinski definition) is 5. The predicted molar refractivity (Wildman–Crippen MR) is 107 cm³/mol. The van der Waals surface area contributed by atoms with Crippen LogP contribution in [0.25, 0.3) is 0 Å². The van der Waals surface area contributed by atoms with Crippen LogP contribution in [0.3, 0.4) is 0 Å². The molecule has 0 atom stereocenters. The number of nitrogens with two attached hydrogens (primary N) is 1. The maximum atomic E-state index is 7.75. The molecule has 0 aromatic carbocycles. The van der Waals surface area contributed by atoms with E-state index in [0.29, 0.717) is 32.6 Å². The average Bonchev–Trinajstić information content (AvgIpc) is 2.35. The predicted octanol–water partition coefficient (Wildman–Crippen LogP) is -0.473. The van der Waals surface area contributed by atoms with Crippen LogP contribution in [0.1, 0.15) is 0 Å². The molecule has 0 amide bonds. The Hall–Kier alpha value is 1.00. The fraction of sp³-hybridized carbons (Fsp3) is 0.667. The number of rotatable bonds is 4. The maximum absolute atomic E-state index is 7.75. The first-order valence-corrected chi connectivity index (χ1v) is 7.78. The molecule has 0 aliphatic carbocycles. The van der Waals surface area contributed by atoms with Crippen molar-refractivity contribution in [2.24, 2.45) is 5.73 Å². The van der Waals surface area contributed by atoms with Crippen LogP contribution in [0, 0.1) is 0 Å². The van der Waals surface area contributed by atoms with Crippen LogP contribution in [0.15, 0.2) is 0 Å². The second kappa shape index (κ2) is 23.3. The van der Waals surface area contributed by atoms with Gasteiger partial charge < -0.3 is 76.1 Å². The number of thiocarbonyl (C=S) groups is 3. The summed E-state index contributed by atoms with van der Waals surface area (Å²) in [5.74, 6) is 0. The van der Waals surface area contributed by atoms with Crippen molar-refractivity contribution in [1.29, 1.82) is 0 Å². The van der Waals surface area contributed by atoms with E-state index in [2.05, 4.69) is 85.2 Å². The summed E-state index contributed by atoms with van der Waals surface area (Å²) in [7, 11) is 3.66. The van der Waals surface area contributed by atoms with Crippen molar-refractivity contribution in [3.8, 4) is 0 Å². The van der Waals surface area contributed by atoms with Gasteiger partial charge in [0.15, 0.2) is 0 Å². The summed E-state index contributed by atoms with van der Waals surface area (Å²) < 4.78 is 1.37. The van der Waals surface area contributed by atoms with Crippen molar-refractivity contribution in [1.82, 2.24) is 15.5 Å². The Morgan fingerprint density at radius 3 is 1.71 bits per heavy atom. The Bertz CT molecular complexity index is 265. The van der Waals surface area contributed by atoms with Gasteiger partial charge in [-0.2, -0.15) is 0 Å². The molecular weight excluding hydrogens is 438 g/mol. The molecule has 0 saturated carbocycles. The SMILES string of the molecule is CN(C)C(=S)[S-].NCCO.S=C([S-])NCCNC(=S)S.[Zn+2]. The standard InChI is InChI=1S/C4H8N2S4.C3H7NS2.C2H7NO.Zn/c7-3(8)5-1-2-6-4(9)10;1-4(2)3(5)6;3-1-2-4;/h1-2H2,(H2,5,7,8)(H2,6,9,10);1-2H3,(H,5,6);4H,1-3H2;/q;;;+2/p-2. The third kappa shape index (κ3) is 44.9. The Morgan fingerprint density at radius 1 is 1.19 bits per heavy atom. The summed E-state index contributed by atoms with van der Waals surface area (Å²) in [6.07, 6.45) is 0. The van der Waals surface area contributed by atoms with Gasteiger partial charge in [0.25, 0.3) is 0 Å². The topological polar surface area (TPSA) is 73.5 Å². The summed E-state index contributed by atoms with van der Waals surface area (Å²) in [6, 6.07) is 0. The summed E-state index contributed by atoms with van der Waals surface area (Å²) in [5.41, 5.74) is 4.78. The van der Waals surface area contributed by atoms with Gasteiger partial charge in [0.1, 0.15) is 4.32 Å². The first-order valence-electron chi connectivity index (χ1n) is 5.29. The monoisotopic (exact) mass is 456 g/mol. The maximum Gasteiger partial charge on any atom is 2.00 e. The Morgan fingerprint density at radius 2 is 1.52 bits per heavy atom. The number of nitrogens with zero attached hydrogens (tertiary/aromatic N) is 1. The van der Waals surface area contributed by atoms with Crippen molar-refractivity contribution in [3.05, 3.63) is 0 Å². The molecule has 0 unspecified atom stereocenters. The van der Waals surface area contributed by atoms with Crippen molar-refractivity contribution in [2.75, 3.05) is 40.3 Å². The van der Waals surface area contributed by atoms with Gasteiger partial charge in [-0.1, -0.05) is 20.9 Å². The van der Waals surface area contributed by atoms with E-state index in [1.807, 2.05) is 14.1 Å². The van der Waals surface area contributed by atoms with Gasteiger partial charge >= 0.3 is 19.5 Å². The Balaban J connectivity index is -0.000000113. The van der Waals surface area contributed by atoms with E-state index in [9.17, 15) is 0 Å². The van der Waals surface area contributed by atoms with Crippen LogP contribution in [0.2, 0.25) is 0 Å².